The van der Waals surface area contributed by atoms with Crippen LogP contribution in [0.4, 0.5) is 0 Å². The molecular formula is C21H27NO2S. The van der Waals surface area contributed by atoms with E-state index in [1.807, 2.05) is 19.9 Å². The van der Waals surface area contributed by atoms with Crippen LogP contribution in [0.2, 0.25) is 0 Å². The normalized spacial score (nSPS) is 15.8. The molecule has 1 aliphatic heterocycles. The monoisotopic (exact) mass is 357 g/mol. The molecule has 0 atom stereocenters. The van der Waals surface area contributed by atoms with E-state index in [1.165, 1.54) is 11.1 Å². The number of fused-ring (bicyclic) bond motifs is 1. The molecule has 0 saturated carbocycles. The van der Waals surface area contributed by atoms with Crippen molar-refractivity contribution in [3.05, 3.63) is 65.7 Å². The van der Waals surface area contributed by atoms with Crippen molar-refractivity contribution in [3.8, 4) is 0 Å². The predicted octanol–water partition coefficient (Wildman–Crippen LogP) is 4.08. The molecule has 3 nitrogen and oxygen atoms in total. The molecule has 0 amide bonds. The Labute approximate surface area is 151 Å². The smallest absolute Gasteiger partial charge is 0.183 e. The van der Waals surface area contributed by atoms with Crippen molar-refractivity contribution in [3.63, 3.8) is 0 Å². The van der Waals surface area contributed by atoms with E-state index in [-0.39, 0.29) is 0 Å². The van der Waals surface area contributed by atoms with Crippen LogP contribution in [0.25, 0.3) is 0 Å². The molecule has 0 radical (unpaired) electrons. The lowest BCUT2D eigenvalue weighted by molar-refractivity contribution is 0.245. The maximum Gasteiger partial charge on any atom is 0.183 e. The van der Waals surface area contributed by atoms with Crippen LogP contribution in [0.1, 0.15) is 37.8 Å². The van der Waals surface area contributed by atoms with Gasteiger partial charge < -0.3 is 0 Å². The zero-order valence-electron chi connectivity index (χ0n) is 15.1. The van der Waals surface area contributed by atoms with Crippen molar-refractivity contribution in [2.24, 2.45) is 0 Å². The molecule has 0 fully saturated rings. The summed E-state index contributed by atoms with van der Waals surface area (Å²) in [4.78, 5) is 2.86. The molecule has 4 heteroatoms. The Kier molecular flexibility index (Phi) is 5.30. The molecule has 0 unspecified atom stereocenters. The summed E-state index contributed by atoms with van der Waals surface area (Å²) in [5.74, 6) is 0. The molecule has 134 valence electrons. The summed E-state index contributed by atoms with van der Waals surface area (Å²) in [6.45, 7) is 6.68. The lowest BCUT2D eigenvalue weighted by Gasteiger charge is -2.30. The molecule has 0 aromatic heterocycles. The first-order chi connectivity index (χ1) is 11.9. The second-order valence-electron chi connectivity index (χ2n) is 7.47. The molecule has 0 bridgehead atoms. The lowest BCUT2D eigenvalue weighted by Crippen LogP contribution is -2.35. The average Bonchev–Trinajstić information content (AvgIpc) is 2.62. The standard InChI is InChI=1S/C21H27NO2S/c1-21(2,25(23,24)20-11-4-3-5-12-20)14-8-15-22-16-13-18-9-6-7-10-19(18)17-22/h3-7,9-12H,8,13-17H2,1-2H3. The van der Waals surface area contributed by atoms with Crippen molar-refractivity contribution in [1.82, 2.24) is 4.90 Å². The van der Waals surface area contributed by atoms with Gasteiger partial charge in [-0.25, -0.2) is 8.42 Å². The van der Waals surface area contributed by atoms with Gasteiger partial charge in [0, 0.05) is 13.1 Å². The van der Waals surface area contributed by atoms with Gasteiger partial charge in [-0.05, 0) is 62.9 Å². The number of nitrogens with zero attached hydrogens (tertiary/aromatic N) is 1. The Bertz CT molecular complexity index is 813. The van der Waals surface area contributed by atoms with Crippen molar-refractivity contribution < 1.29 is 8.42 Å². The van der Waals surface area contributed by atoms with Gasteiger partial charge >= 0.3 is 0 Å². The number of hydrogen-bond acceptors (Lipinski definition) is 3. The predicted molar refractivity (Wildman–Crippen MR) is 102 cm³/mol. The summed E-state index contributed by atoms with van der Waals surface area (Å²) in [5.41, 5.74) is 2.86. The first-order valence-corrected chi connectivity index (χ1v) is 10.5. The van der Waals surface area contributed by atoms with Gasteiger partial charge in [0.15, 0.2) is 9.84 Å². The lowest BCUT2D eigenvalue weighted by atomic mass is 9.99. The van der Waals surface area contributed by atoms with E-state index in [0.29, 0.717) is 11.3 Å². The summed E-state index contributed by atoms with van der Waals surface area (Å²) in [5, 5.41) is 0. The minimum atomic E-state index is -3.31. The highest BCUT2D eigenvalue weighted by Crippen LogP contribution is 2.30. The highest BCUT2D eigenvalue weighted by Gasteiger charge is 2.35. The third kappa shape index (κ3) is 3.96. The Morgan fingerprint density at radius 2 is 1.60 bits per heavy atom. The molecule has 0 aliphatic carbocycles. The summed E-state index contributed by atoms with van der Waals surface area (Å²) in [6.07, 6.45) is 2.64. The highest BCUT2D eigenvalue weighted by atomic mass is 32.2. The zero-order chi connectivity index (χ0) is 17.9. The molecule has 0 N–H and O–H groups in total. The van der Waals surface area contributed by atoms with Crippen LogP contribution in [0.5, 0.6) is 0 Å². The minimum absolute atomic E-state index is 0.423. The molecule has 0 saturated heterocycles. The van der Waals surface area contributed by atoms with E-state index < -0.39 is 14.6 Å². The van der Waals surface area contributed by atoms with E-state index in [1.54, 1.807) is 24.3 Å². The Morgan fingerprint density at radius 1 is 0.960 bits per heavy atom. The van der Waals surface area contributed by atoms with Crippen LogP contribution in [-0.4, -0.2) is 31.2 Å². The van der Waals surface area contributed by atoms with Gasteiger partial charge in [0.05, 0.1) is 9.64 Å². The SMILES string of the molecule is CC(C)(CCCN1CCc2ccccc2C1)S(=O)(=O)c1ccccc1. The molecule has 2 aromatic carbocycles. The van der Waals surface area contributed by atoms with Gasteiger partial charge in [0.2, 0.25) is 0 Å². The highest BCUT2D eigenvalue weighted by molar-refractivity contribution is 7.92. The van der Waals surface area contributed by atoms with E-state index >= 15 is 0 Å². The van der Waals surface area contributed by atoms with E-state index in [2.05, 4.69) is 29.2 Å². The molecule has 3 rings (SSSR count). The third-order valence-electron chi connectivity index (χ3n) is 5.24. The number of benzene rings is 2. The minimum Gasteiger partial charge on any atom is -0.299 e. The van der Waals surface area contributed by atoms with Gasteiger partial charge in [0.1, 0.15) is 0 Å². The van der Waals surface area contributed by atoms with Gasteiger partial charge in [0.25, 0.3) is 0 Å². The Balaban J connectivity index is 1.58. The Morgan fingerprint density at radius 3 is 2.32 bits per heavy atom. The molecule has 25 heavy (non-hydrogen) atoms. The zero-order valence-corrected chi connectivity index (χ0v) is 15.9. The average molecular weight is 358 g/mol. The van der Waals surface area contributed by atoms with Crippen molar-refractivity contribution >= 4 is 9.84 Å². The summed E-state index contributed by atoms with van der Waals surface area (Å²) >= 11 is 0. The van der Waals surface area contributed by atoms with E-state index in [4.69, 9.17) is 0 Å². The molecule has 0 spiro atoms. The summed E-state index contributed by atoms with van der Waals surface area (Å²) in [7, 11) is -3.31. The third-order valence-corrected chi connectivity index (χ3v) is 7.80. The summed E-state index contributed by atoms with van der Waals surface area (Å²) < 4.78 is 25.0. The van der Waals surface area contributed by atoms with Crippen LogP contribution in [0, 0.1) is 0 Å². The maximum absolute atomic E-state index is 12.9. The van der Waals surface area contributed by atoms with Crippen LogP contribution < -0.4 is 0 Å². The van der Waals surface area contributed by atoms with Crippen molar-refractivity contribution in [2.75, 3.05) is 13.1 Å². The van der Waals surface area contributed by atoms with Gasteiger partial charge in [-0.2, -0.15) is 0 Å². The molecule has 1 aliphatic rings. The van der Waals surface area contributed by atoms with Crippen LogP contribution in [-0.2, 0) is 22.8 Å². The second kappa shape index (κ2) is 7.30. The van der Waals surface area contributed by atoms with Crippen molar-refractivity contribution in [1.29, 1.82) is 0 Å². The first-order valence-electron chi connectivity index (χ1n) is 8.99. The van der Waals surface area contributed by atoms with E-state index in [0.717, 1.165) is 32.5 Å². The topological polar surface area (TPSA) is 37.4 Å². The van der Waals surface area contributed by atoms with Crippen LogP contribution in [0.15, 0.2) is 59.5 Å². The molecule has 2 aromatic rings. The fourth-order valence-electron chi connectivity index (χ4n) is 3.53. The summed E-state index contributed by atoms with van der Waals surface area (Å²) in [6, 6.07) is 17.4. The largest absolute Gasteiger partial charge is 0.299 e. The van der Waals surface area contributed by atoms with Gasteiger partial charge in [-0.15, -0.1) is 0 Å². The van der Waals surface area contributed by atoms with Gasteiger partial charge in [-0.1, -0.05) is 42.5 Å². The molecular weight excluding hydrogens is 330 g/mol. The fourth-order valence-corrected chi connectivity index (χ4v) is 5.09. The maximum atomic E-state index is 12.9. The number of rotatable bonds is 6. The first kappa shape index (κ1) is 18.2. The van der Waals surface area contributed by atoms with Crippen LogP contribution in [0.3, 0.4) is 0 Å². The Hall–Kier alpha value is -1.65. The fraction of sp³-hybridized carbons (Fsp3) is 0.429. The van der Waals surface area contributed by atoms with Crippen molar-refractivity contribution in [2.45, 2.75) is 49.3 Å². The van der Waals surface area contributed by atoms with Crippen LogP contribution >= 0.6 is 0 Å². The quantitative estimate of drug-likeness (QED) is 0.782. The number of sulfone groups is 1. The van der Waals surface area contributed by atoms with Gasteiger partial charge in [-0.3, -0.25) is 4.90 Å². The van der Waals surface area contributed by atoms with E-state index in [9.17, 15) is 8.42 Å². The number of hydrogen-bond donors (Lipinski definition) is 0. The second-order valence-corrected chi connectivity index (χ2v) is 10.1. The molecule has 1 heterocycles.